The summed E-state index contributed by atoms with van der Waals surface area (Å²) < 4.78 is 50.9. The first kappa shape index (κ1) is 16.7. The average Bonchev–Trinajstić information content (AvgIpc) is 2.84. The molecule has 2 rings (SSSR count). The number of carbonyl (C=O) groups is 1. The van der Waals surface area contributed by atoms with Crippen LogP contribution in [0.4, 0.5) is 4.39 Å². The molecule has 1 N–H and O–H groups in total. The molecule has 0 amide bonds. The Hall–Kier alpha value is -0.690. The van der Waals surface area contributed by atoms with E-state index >= 15 is 0 Å². The summed E-state index contributed by atoms with van der Waals surface area (Å²) in [5.41, 5.74) is 0. The second-order valence-corrected chi connectivity index (χ2v) is 7.84. The van der Waals surface area contributed by atoms with Crippen molar-refractivity contribution in [1.82, 2.24) is 0 Å². The van der Waals surface area contributed by atoms with Gasteiger partial charge in [0.25, 0.3) is 0 Å². The third-order valence-electron chi connectivity index (χ3n) is 4.80. The highest BCUT2D eigenvalue weighted by Crippen LogP contribution is 2.43. The molecule has 0 aromatic rings. The monoisotopic (exact) mass is 322 g/mol. The van der Waals surface area contributed by atoms with E-state index in [2.05, 4.69) is 0 Å². The summed E-state index contributed by atoms with van der Waals surface area (Å²) in [5.74, 6) is -0.317. The Bertz CT molecular complexity index is 492. The number of hydrogen-bond acceptors (Lipinski definition) is 4. The van der Waals surface area contributed by atoms with Gasteiger partial charge in [-0.1, -0.05) is 32.6 Å². The van der Waals surface area contributed by atoms with Gasteiger partial charge in [-0.25, -0.2) is 9.18 Å². The number of halogens is 1. The molecule has 0 heterocycles. The van der Waals surface area contributed by atoms with E-state index in [1.807, 2.05) is 0 Å². The lowest BCUT2D eigenvalue weighted by atomic mass is 9.80. The number of fused-ring (bicyclic) bond motifs is 1. The fourth-order valence-electron chi connectivity index (χ4n) is 3.66. The van der Waals surface area contributed by atoms with Gasteiger partial charge in [-0.3, -0.25) is 4.55 Å². The number of ether oxygens (including phenoxy) is 1. The van der Waals surface area contributed by atoms with Gasteiger partial charge < -0.3 is 4.74 Å². The summed E-state index contributed by atoms with van der Waals surface area (Å²) in [6.45, 7) is 1.54. The van der Waals surface area contributed by atoms with E-state index in [1.165, 1.54) is 19.8 Å². The number of rotatable bonds is 5. The Kier molecular flexibility index (Phi) is 4.92. The molecule has 21 heavy (non-hydrogen) atoms. The summed E-state index contributed by atoms with van der Waals surface area (Å²) in [7, 11) is -5.14. The van der Waals surface area contributed by atoms with Crippen LogP contribution in [-0.2, 0) is 19.6 Å². The van der Waals surface area contributed by atoms with E-state index in [4.69, 9.17) is 9.29 Å². The second-order valence-electron chi connectivity index (χ2n) is 6.24. The summed E-state index contributed by atoms with van der Waals surface area (Å²) in [4.78, 5) is 11.9. The number of hydrogen-bond donors (Lipinski definition) is 1. The largest absolute Gasteiger partial charge is 0.459 e. The first-order valence-electron chi connectivity index (χ1n) is 7.65. The minimum Gasteiger partial charge on any atom is -0.459 e. The highest BCUT2D eigenvalue weighted by atomic mass is 32.2. The summed E-state index contributed by atoms with van der Waals surface area (Å²) in [5, 5.41) is -3.34. The third-order valence-corrected chi connectivity index (χ3v) is 5.99. The summed E-state index contributed by atoms with van der Waals surface area (Å²) >= 11 is 0. The zero-order valence-electron chi connectivity index (χ0n) is 12.3. The van der Waals surface area contributed by atoms with Crippen LogP contribution in [0.2, 0.25) is 0 Å². The van der Waals surface area contributed by atoms with Gasteiger partial charge in [0, 0.05) is 6.42 Å². The fourth-order valence-corrected chi connectivity index (χ4v) is 4.38. The maximum absolute atomic E-state index is 14.4. The SMILES string of the molecule is CCCC(F)(C(=O)OC1CCC2CCCC2C1)S(=O)(=O)O. The van der Waals surface area contributed by atoms with E-state index in [0.29, 0.717) is 24.7 Å². The molecule has 0 aromatic carbocycles. The van der Waals surface area contributed by atoms with Gasteiger partial charge in [0.15, 0.2) is 0 Å². The van der Waals surface area contributed by atoms with Crippen molar-refractivity contribution in [2.45, 2.75) is 69.4 Å². The lowest BCUT2D eigenvalue weighted by molar-refractivity contribution is -0.161. The van der Waals surface area contributed by atoms with Crippen molar-refractivity contribution in [3.63, 3.8) is 0 Å². The number of esters is 1. The second kappa shape index (κ2) is 6.20. The normalized spacial score (nSPS) is 32.2. The van der Waals surface area contributed by atoms with Gasteiger partial charge in [0.05, 0.1) is 0 Å². The molecule has 4 atom stereocenters. The summed E-state index contributed by atoms with van der Waals surface area (Å²) in [6, 6.07) is 0. The van der Waals surface area contributed by atoms with Crippen molar-refractivity contribution in [2.24, 2.45) is 11.8 Å². The molecular formula is C14H23FO5S. The Labute approximate surface area is 125 Å². The molecule has 4 unspecified atom stereocenters. The highest BCUT2D eigenvalue weighted by molar-refractivity contribution is 7.87. The highest BCUT2D eigenvalue weighted by Gasteiger charge is 2.53. The number of carbonyl (C=O) groups excluding carboxylic acids is 1. The van der Waals surface area contributed by atoms with Crippen LogP contribution in [0, 0.1) is 11.8 Å². The third kappa shape index (κ3) is 3.39. The van der Waals surface area contributed by atoms with Crippen molar-refractivity contribution < 1.29 is 26.9 Å². The molecule has 2 aliphatic carbocycles. The van der Waals surface area contributed by atoms with Gasteiger partial charge in [-0.05, 0) is 31.1 Å². The Morgan fingerprint density at radius 3 is 2.57 bits per heavy atom. The lowest BCUT2D eigenvalue weighted by Crippen LogP contribution is -2.45. The van der Waals surface area contributed by atoms with Crippen LogP contribution in [0.5, 0.6) is 0 Å². The number of alkyl halides is 1. The van der Waals surface area contributed by atoms with Crippen molar-refractivity contribution in [3.8, 4) is 0 Å². The smallest absolute Gasteiger partial charge is 0.362 e. The molecule has 0 spiro atoms. The van der Waals surface area contributed by atoms with Gasteiger partial charge in [-0.15, -0.1) is 0 Å². The summed E-state index contributed by atoms with van der Waals surface area (Å²) in [6.07, 6.45) is 4.78. The topological polar surface area (TPSA) is 80.7 Å². The molecule has 0 radical (unpaired) electrons. The molecule has 2 saturated carbocycles. The van der Waals surface area contributed by atoms with Crippen LogP contribution in [0.25, 0.3) is 0 Å². The molecule has 2 fully saturated rings. The first-order chi connectivity index (χ1) is 9.78. The fraction of sp³-hybridized carbons (Fsp3) is 0.929. The van der Waals surface area contributed by atoms with E-state index in [-0.39, 0.29) is 6.42 Å². The quantitative estimate of drug-likeness (QED) is 0.622. The average molecular weight is 322 g/mol. The lowest BCUT2D eigenvalue weighted by Gasteiger charge is -2.32. The maximum Gasteiger partial charge on any atom is 0.362 e. The maximum atomic E-state index is 14.4. The van der Waals surface area contributed by atoms with Crippen LogP contribution in [-0.4, -0.2) is 30.0 Å². The Balaban J connectivity index is 2.02. The predicted octanol–water partition coefficient (Wildman–Crippen LogP) is 2.85. The van der Waals surface area contributed by atoms with Crippen molar-refractivity contribution in [3.05, 3.63) is 0 Å². The van der Waals surface area contributed by atoms with Gasteiger partial charge in [-0.2, -0.15) is 8.42 Å². The molecule has 0 aliphatic heterocycles. The predicted molar refractivity (Wildman–Crippen MR) is 74.9 cm³/mol. The molecule has 122 valence electrons. The Morgan fingerprint density at radius 1 is 1.29 bits per heavy atom. The minimum absolute atomic E-state index is 0.112. The van der Waals surface area contributed by atoms with Gasteiger partial charge >= 0.3 is 21.1 Å². The van der Waals surface area contributed by atoms with E-state index in [9.17, 15) is 17.6 Å². The van der Waals surface area contributed by atoms with E-state index in [0.717, 1.165) is 12.8 Å². The van der Waals surface area contributed by atoms with Crippen molar-refractivity contribution in [2.75, 3.05) is 0 Å². The molecule has 0 aromatic heterocycles. The van der Waals surface area contributed by atoms with Crippen LogP contribution in [0.3, 0.4) is 0 Å². The van der Waals surface area contributed by atoms with Crippen LogP contribution in [0.15, 0.2) is 0 Å². The molecule has 0 bridgehead atoms. The molecule has 5 nitrogen and oxygen atoms in total. The van der Waals surface area contributed by atoms with Crippen molar-refractivity contribution >= 4 is 16.1 Å². The molecule has 2 aliphatic rings. The van der Waals surface area contributed by atoms with Crippen LogP contribution >= 0.6 is 0 Å². The first-order valence-corrected chi connectivity index (χ1v) is 9.09. The minimum atomic E-state index is -5.14. The zero-order chi connectivity index (χ0) is 15.7. The molecular weight excluding hydrogens is 299 g/mol. The van der Waals surface area contributed by atoms with E-state index < -0.39 is 33.6 Å². The zero-order valence-corrected chi connectivity index (χ0v) is 13.1. The molecule has 0 saturated heterocycles. The molecule has 7 heteroatoms. The van der Waals surface area contributed by atoms with Gasteiger partial charge in [0.1, 0.15) is 6.10 Å². The van der Waals surface area contributed by atoms with Gasteiger partial charge in [0.2, 0.25) is 0 Å². The van der Waals surface area contributed by atoms with Crippen LogP contribution < -0.4 is 0 Å². The van der Waals surface area contributed by atoms with E-state index in [1.54, 1.807) is 0 Å². The Morgan fingerprint density at radius 2 is 1.95 bits per heavy atom. The van der Waals surface area contributed by atoms with Crippen molar-refractivity contribution in [1.29, 1.82) is 0 Å². The standard InChI is InChI=1S/C14H23FO5S/c1-2-8-14(15,21(17,18)19)13(16)20-12-7-6-10-4-3-5-11(10)9-12/h10-12H,2-9H2,1H3,(H,17,18,19). The van der Waals surface area contributed by atoms with Crippen LogP contribution in [0.1, 0.15) is 58.3 Å².